The van der Waals surface area contributed by atoms with Crippen molar-refractivity contribution in [3.05, 3.63) is 35.4 Å². The van der Waals surface area contributed by atoms with Gasteiger partial charge in [-0.05, 0) is 56.7 Å². The molecule has 2 rings (SSSR count). The lowest BCUT2D eigenvalue weighted by molar-refractivity contribution is 0.0468. The van der Waals surface area contributed by atoms with Gasteiger partial charge in [-0.15, -0.1) is 0 Å². The van der Waals surface area contributed by atoms with Crippen molar-refractivity contribution >= 4 is 0 Å². The van der Waals surface area contributed by atoms with Crippen molar-refractivity contribution in [1.82, 2.24) is 5.32 Å². The van der Waals surface area contributed by atoms with Crippen LogP contribution in [0.5, 0.6) is 0 Å². The minimum atomic E-state index is 0.216. The van der Waals surface area contributed by atoms with Crippen molar-refractivity contribution in [1.29, 1.82) is 0 Å². The smallest absolute Gasteiger partial charge is 0.0741 e. The third-order valence-corrected chi connectivity index (χ3v) is 4.39. The van der Waals surface area contributed by atoms with Crippen LogP contribution >= 0.6 is 0 Å². The first-order chi connectivity index (χ1) is 9.77. The molecule has 0 aromatic heterocycles. The Labute approximate surface area is 123 Å². The third-order valence-electron chi connectivity index (χ3n) is 4.39. The monoisotopic (exact) mass is 275 g/mol. The van der Waals surface area contributed by atoms with Crippen molar-refractivity contribution < 1.29 is 4.74 Å². The quantitative estimate of drug-likeness (QED) is 0.758. The maximum atomic E-state index is 5.88. The van der Waals surface area contributed by atoms with E-state index in [1.807, 2.05) is 0 Å². The molecule has 1 aliphatic rings. The molecule has 2 nitrogen and oxygen atoms in total. The zero-order valence-electron chi connectivity index (χ0n) is 13.2. The maximum absolute atomic E-state index is 5.88. The molecule has 0 heterocycles. The topological polar surface area (TPSA) is 21.3 Å². The zero-order chi connectivity index (χ0) is 14.4. The van der Waals surface area contributed by atoms with Gasteiger partial charge in [0.05, 0.1) is 12.1 Å². The molecule has 1 aliphatic carbocycles. The van der Waals surface area contributed by atoms with E-state index in [9.17, 15) is 0 Å². The summed E-state index contributed by atoms with van der Waals surface area (Å²) in [5, 5.41) is 3.69. The van der Waals surface area contributed by atoms with Crippen molar-refractivity contribution in [2.24, 2.45) is 0 Å². The zero-order valence-corrected chi connectivity index (χ0v) is 13.2. The van der Waals surface area contributed by atoms with Gasteiger partial charge in [0.1, 0.15) is 0 Å². The molecule has 0 amide bonds. The molecule has 112 valence electrons. The van der Waals surface area contributed by atoms with E-state index >= 15 is 0 Å². The third kappa shape index (κ3) is 3.62. The van der Waals surface area contributed by atoms with Gasteiger partial charge < -0.3 is 10.1 Å². The number of hydrogen-bond acceptors (Lipinski definition) is 2. The summed E-state index contributed by atoms with van der Waals surface area (Å²) in [5.74, 6) is 0.769. The minimum Gasteiger partial charge on any atom is -0.377 e. The summed E-state index contributed by atoms with van der Waals surface area (Å²) in [6, 6.07) is 9.26. The highest BCUT2D eigenvalue weighted by Crippen LogP contribution is 2.40. The van der Waals surface area contributed by atoms with Crippen LogP contribution in [0.1, 0.15) is 69.5 Å². The number of hydrogen-bond donors (Lipinski definition) is 1. The van der Waals surface area contributed by atoms with Gasteiger partial charge in [-0.2, -0.15) is 0 Å². The van der Waals surface area contributed by atoms with Gasteiger partial charge in [-0.3, -0.25) is 0 Å². The van der Waals surface area contributed by atoms with Gasteiger partial charge in [-0.1, -0.05) is 37.6 Å². The lowest BCUT2D eigenvalue weighted by Crippen LogP contribution is -2.34. The van der Waals surface area contributed by atoms with Gasteiger partial charge in [0, 0.05) is 6.61 Å². The van der Waals surface area contributed by atoms with Crippen LogP contribution in [0.15, 0.2) is 24.3 Å². The van der Waals surface area contributed by atoms with Crippen molar-refractivity contribution in [2.45, 2.75) is 64.5 Å². The van der Waals surface area contributed by atoms with Crippen molar-refractivity contribution in [2.75, 3.05) is 13.2 Å². The molecule has 2 unspecified atom stereocenters. The Bertz CT molecular complexity index is 400. The molecule has 1 N–H and O–H groups in total. The van der Waals surface area contributed by atoms with Gasteiger partial charge in [-0.25, -0.2) is 0 Å². The Balaban J connectivity index is 2.22. The summed E-state index contributed by atoms with van der Waals surface area (Å²) in [5.41, 5.74) is 2.99. The summed E-state index contributed by atoms with van der Waals surface area (Å²) >= 11 is 0. The number of rotatable bonds is 8. The number of ether oxygens (including phenoxy) is 1. The average molecular weight is 275 g/mol. The molecule has 0 aliphatic heterocycles. The molecule has 1 saturated carbocycles. The standard InChI is InChI=1S/C18H29NO/c1-4-13-19-18(14(3)20-5-2)17-12-7-6-11-16(17)15-9-8-10-15/h6-7,11-12,14-15,18-19H,4-5,8-10,13H2,1-3H3. The molecule has 2 heteroatoms. The molecular formula is C18H29NO. The number of benzene rings is 1. The summed E-state index contributed by atoms with van der Waals surface area (Å²) in [6.45, 7) is 8.30. The molecule has 0 spiro atoms. The van der Waals surface area contributed by atoms with Crippen LogP contribution in [0, 0.1) is 0 Å². The summed E-state index contributed by atoms with van der Waals surface area (Å²) < 4.78 is 5.88. The number of nitrogens with one attached hydrogen (secondary N) is 1. The molecule has 1 aromatic rings. The summed E-state index contributed by atoms with van der Waals surface area (Å²) in [4.78, 5) is 0. The Morgan fingerprint density at radius 3 is 2.60 bits per heavy atom. The predicted octanol–water partition coefficient (Wildman–Crippen LogP) is 4.42. The molecule has 20 heavy (non-hydrogen) atoms. The molecule has 2 atom stereocenters. The SMILES string of the molecule is CCCNC(c1ccccc1C1CCC1)C(C)OCC. The van der Waals surface area contributed by atoms with E-state index in [4.69, 9.17) is 4.74 Å². The van der Waals surface area contributed by atoms with E-state index in [0.717, 1.165) is 25.5 Å². The van der Waals surface area contributed by atoms with Crippen LogP contribution in [0.2, 0.25) is 0 Å². The van der Waals surface area contributed by atoms with E-state index < -0.39 is 0 Å². The summed E-state index contributed by atoms with van der Waals surface area (Å²) in [7, 11) is 0. The van der Waals surface area contributed by atoms with Crippen LogP contribution in [0.25, 0.3) is 0 Å². The van der Waals surface area contributed by atoms with Gasteiger partial charge >= 0.3 is 0 Å². The lowest BCUT2D eigenvalue weighted by atomic mass is 9.76. The summed E-state index contributed by atoms with van der Waals surface area (Å²) in [6.07, 6.45) is 5.45. The van der Waals surface area contributed by atoms with E-state index in [1.54, 1.807) is 5.56 Å². The highest BCUT2D eigenvalue weighted by molar-refractivity contribution is 5.34. The van der Waals surface area contributed by atoms with E-state index in [1.165, 1.54) is 24.8 Å². The van der Waals surface area contributed by atoms with E-state index in [-0.39, 0.29) is 6.10 Å². The Morgan fingerprint density at radius 1 is 1.25 bits per heavy atom. The Morgan fingerprint density at radius 2 is 2.00 bits per heavy atom. The molecular weight excluding hydrogens is 246 g/mol. The fourth-order valence-corrected chi connectivity index (χ4v) is 3.07. The van der Waals surface area contributed by atoms with Gasteiger partial charge in [0.15, 0.2) is 0 Å². The first kappa shape index (κ1) is 15.5. The fraction of sp³-hybridized carbons (Fsp3) is 0.667. The van der Waals surface area contributed by atoms with Crippen LogP contribution in [-0.2, 0) is 4.74 Å². The maximum Gasteiger partial charge on any atom is 0.0741 e. The van der Waals surface area contributed by atoms with Crippen LogP contribution in [-0.4, -0.2) is 19.3 Å². The van der Waals surface area contributed by atoms with Crippen molar-refractivity contribution in [3.63, 3.8) is 0 Å². The Hall–Kier alpha value is -0.860. The highest BCUT2D eigenvalue weighted by atomic mass is 16.5. The first-order valence-corrected chi connectivity index (χ1v) is 8.21. The second-order valence-electron chi connectivity index (χ2n) is 5.85. The normalized spacial score (nSPS) is 18.6. The van der Waals surface area contributed by atoms with Crippen LogP contribution < -0.4 is 5.32 Å². The molecule has 1 fully saturated rings. The fourth-order valence-electron chi connectivity index (χ4n) is 3.07. The largest absolute Gasteiger partial charge is 0.377 e. The molecule has 0 saturated heterocycles. The minimum absolute atomic E-state index is 0.216. The molecule has 1 aromatic carbocycles. The molecule has 0 bridgehead atoms. The average Bonchev–Trinajstić information content (AvgIpc) is 2.39. The second-order valence-corrected chi connectivity index (χ2v) is 5.85. The van der Waals surface area contributed by atoms with Gasteiger partial charge in [0.2, 0.25) is 0 Å². The van der Waals surface area contributed by atoms with Crippen LogP contribution in [0.3, 0.4) is 0 Å². The second kappa shape index (κ2) is 7.80. The predicted molar refractivity (Wildman–Crippen MR) is 85.2 cm³/mol. The van der Waals surface area contributed by atoms with E-state index in [2.05, 4.69) is 50.4 Å². The van der Waals surface area contributed by atoms with E-state index in [0.29, 0.717) is 6.04 Å². The van der Waals surface area contributed by atoms with Crippen molar-refractivity contribution in [3.8, 4) is 0 Å². The lowest BCUT2D eigenvalue weighted by Gasteiger charge is -2.33. The first-order valence-electron chi connectivity index (χ1n) is 8.21. The van der Waals surface area contributed by atoms with Gasteiger partial charge in [0.25, 0.3) is 0 Å². The molecule has 0 radical (unpaired) electrons. The highest BCUT2D eigenvalue weighted by Gasteiger charge is 2.27. The Kier molecular flexibility index (Phi) is 6.06. The van der Waals surface area contributed by atoms with Crippen LogP contribution in [0.4, 0.5) is 0 Å².